The number of sulfonamides is 1. The highest BCUT2D eigenvalue weighted by Crippen LogP contribution is 2.22. The Labute approximate surface area is 163 Å². The molecule has 0 aliphatic heterocycles. The van der Waals surface area contributed by atoms with E-state index < -0.39 is 15.9 Å². The van der Waals surface area contributed by atoms with Crippen LogP contribution in [0.5, 0.6) is 5.75 Å². The van der Waals surface area contributed by atoms with Crippen LogP contribution in [0, 0.1) is 0 Å². The van der Waals surface area contributed by atoms with Crippen LogP contribution in [0.1, 0.15) is 12.5 Å². The Kier molecular flexibility index (Phi) is 7.20. The van der Waals surface area contributed by atoms with E-state index in [0.717, 1.165) is 9.87 Å². The van der Waals surface area contributed by atoms with Gasteiger partial charge in [0.25, 0.3) is 5.91 Å². The molecule has 2 aromatic rings. The zero-order chi connectivity index (χ0) is 19.9. The monoisotopic (exact) mass is 409 g/mol. The third kappa shape index (κ3) is 5.97. The summed E-state index contributed by atoms with van der Waals surface area (Å²) in [6.07, 6.45) is 1.44. The van der Waals surface area contributed by atoms with Crippen LogP contribution >= 0.6 is 11.6 Å². The number of methoxy groups -OCH3 is 1. The van der Waals surface area contributed by atoms with Gasteiger partial charge < -0.3 is 4.74 Å². The number of benzene rings is 2. The summed E-state index contributed by atoms with van der Waals surface area (Å²) in [7, 11) is -2.13. The van der Waals surface area contributed by atoms with Gasteiger partial charge in [-0.15, -0.1) is 0 Å². The summed E-state index contributed by atoms with van der Waals surface area (Å²) in [6.45, 7) is 1.13. The standard InChI is InChI=1S/C18H20ClN3O4S/c1-3-27(24,25)22(16-8-10-17(26-2)11-9-16)13-18(23)21-20-12-14-4-6-15(19)7-5-14/h4-12H,3,13H2,1-2H3,(H,21,23)/b20-12-. The number of hydrogen-bond acceptors (Lipinski definition) is 5. The highest BCUT2D eigenvalue weighted by molar-refractivity contribution is 7.92. The first-order valence-corrected chi connectivity index (χ1v) is 10.1. The molecule has 0 aromatic heterocycles. The first-order chi connectivity index (χ1) is 12.9. The van der Waals surface area contributed by atoms with Gasteiger partial charge in [-0.2, -0.15) is 5.10 Å². The molecule has 0 aliphatic rings. The summed E-state index contributed by atoms with van der Waals surface area (Å²) >= 11 is 5.80. The second-order valence-electron chi connectivity index (χ2n) is 5.45. The third-order valence-electron chi connectivity index (χ3n) is 3.62. The van der Waals surface area contributed by atoms with E-state index in [9.17, 15) is 13.2 Å². The molecule has 27 heavy (non-hydrogen) atoms. The average molecular weight is 410 g/mol. The molecule has 7 nitrogen and oxygen atoms in total. The van der Waals surface area contributed by atoms with Crippen LogP contribution in [0.3, 0.4) is 0 Å². The Morgan fingerprint density at radius 3 is 2.37 bits per heavy atom. The number of hydrogen-bond donors (Lipinski definition) is 1. The maximum Gasteiger partial charge on any atom is 0.260 e. The fourth-order valence-corrected chi connectivity index (χ4v) is 3.34. The number of carbonyl (C=O) groups is 1. The van der Waals surface area contributed by atoms with E-state index in [1.165, 1.54) is 20.2 Å². The van der Waals surface area contributed by atoms with E-state index in [4.69, 9.17) is 16.3 Å². The molecule has 2 rings (SSSR count). The number of hydrazone groups is 1. The number of nitrogens with one attached hydrogen (secondary N) is 1. The molecule has 0 radical (unpaired) electrons. The highest BCUT2D eigenvalue weighted by atomic mass is 35.5. The van der Waals surface area contributed by atoms with Gasteiger partial charge in [-0.3, -0.25) is 9.10 Å². The Morgan fingerprint density at radius 1 is 1.19 bits per heavy atom. The Balaban J connectivity index is 2.09. The summed E-state index contributed by atoms with van der Waals surface area (Å²) < 4.78 is 30.9. The minimum Gasteiger partial charge on any atom is -0.497 e. The van der Waals surface area contributed by atoms with Gasteiger partial charge in [0.15, 0.2) is 0 Å². The Bertz CT molecular complexity index is 897. The van der Waals surface area contributed by atoms with Gasteiger partial charge >= 0.3 is 0 Å². The molecule has 0 atom stereocenters. The number of halogens is 1. The van der Waals surface area contributed by atoms with Crippen LogP contribution in [0.25, 0.3) is 0 Å². The van der Waals surface area contributed by atoms with Gasteiger partial charge in [-0.25, -0.2) is 13.8 Å². The topological polar surface area (TPSA) is 88.1 Å². The lowest BCUT2D eigenvalue weighted by molar-refractivity contribution is -0.119. The molecule has 0 unspecified atom stereocenters. The fourth-order valence-electron chi connectivity index (χ4n) is 2.15. The second kappa shape index (κ2) is 9.38. The van der Waals surface area contributed by atoms with E-state index in [1.54, 1.807) is 48.5 Å². The molecular formula is C18H20ClN3O4S. The summed E-state index contributed by atoms with van der Waals surface area (Å²) in [5.41, 5.74) is 3.44. The lowest BCUT2D eigenvalue weighted by atomic mass is 10.2. The van der Waals surface area contributed by atoms with Crippen molar-refractivity contribution >= 4 is 39.4 Å². The minimum absolute atomic E-state index is 0.139. The number of ether oxygens (including phenoxy) is 1. The Hall–Kier alpha value is -2.58. The molecular weight excluding hydrogens is 390 g/mol. The van der Waals surface area contributed by atoms with Gasteiger partial charge in [0.1, 0.15) is 12.3 Å². The molecule has 0 fully saturated rings. The van der Waals surface area contributed by atoms with Gasteiger partial charge in [0.05, 0.1) is 24.8 Å². The van der Waals surface area contributed by atoms with Crippen molar-refractivity contribution in [3.63, 3.8) is 0 Å². The molecule has 9 heteroatoms. The van der Waals surface area contributed by atoms with E-state index in [1.807, 2.05) is 0 Å². The van der Waals surface area contributed by atoms with Crippen molar-refractivity contribution in [1.82, 2.24) is 5.43 Å². The maximum atomic E-state index is 12.4. The van der Waals surface area contributed by atoms with E-state index in [0.29, 0.717) is 16.5 Å². The van der Waals surface area contributed by atoms with Crippen molar-refractivity contribution in [3.05, 3.63) is 59.1 Å². The summed E-state index contributed by atoms with van der Waals surface area (Å²) in [5.74, 6) is -0.113. The molecule has 0 heterocycles. The maximum absolute atomic E-state index is 12.4. The molecule has 0 saturated heterocycles. The number of nitrogens with zero attached hydrogens (tertiary/aromatic N) is 2. The predicted molar refractivity (Wildman–Crippen MR) is 107 cm³/mol. The van der Waals surface area contributed by atoms with Crippen molar-refractivity contribution < 1.29 is 17.9 Å². The van der Waals surface area contributed by atoms with E-state index in [2.05, 4.69) is 10.5 Å². The summed E-state index contributed by atoms with van der Waals surface area (Å²) in [4.78, 5) is 12.2. The van der Waals surface area contributed by atoms with Gasteiger partial charge in [0.2, 0.25) is 10.0 Å². The largest absolute Gasteiger partial charge is 0.497 e. The minimum atomic E-state index is -3.64. The zero-order valence-electron chi connectivity index (χ0n) is 14.9. The van der Waals surface area contributed by atoms with Crippen molar-refractivity contribution in [2.24, 2.45) is 5.10 Å². The summed E-state index contributed by atoms with van der Waals surface area (Å²) in [6, 6.07) is 13.3. The quantitative estimate of drug-likeness (QED) is 0.536. The molecule has 144 valence electrons. The lowest BCUT2D eigenvalue weighted by Gasteiger charge is -2.23. The zero-order valence-corrected chi connectivity index (χ0v) is 16.5. The van der Waals surface area contributed by atoms with Crippen LogP contribution in [0.2, 0.25) is 5.02 Å². The van der Waals surface area contributed by atoms with Gasteiger partial charge in [-0.05, 0) is 48.9 Å². The van der Waals surface area contributed by atoms with Crippen LogP contribution in [-0.4, -0.2) is 39.9 Å². The Morgan fingerprint density at radius 2 is 1.81 bits per heavy atom. The number of rotatable bonds is 8. The lowest BCUT2D eigenvalue weighted by Crippen LogP contribution is -2.40. The van der Waals surface area contributed by atoms with Crippen molar-refractivity contribution in [2.45, 2.75) is 6.92 Å². The van der Waals surface area contributed by atoms with Gasteiger partial charge in [0, 0.05) is 5.02 Å². The van der Waals surface area contributed by atoms with Crippen molar-refractivity contribution in [1.29, 1.82) is 0 Å². The van der Waals surface area contributed by atoms with Crippen LogP contribution < -0.4 is 14.5 Å². The fraction of sp³-hybridized carbons (Fsp3) is 0.222. The third-order valence-corrected chi connectivity index (χ3v) is 5.61. The first-order valence-electron chi connectivity index (χ1n) is 8.07. The van der Waals surface area contributed by atoms with Crippen LogP contribution in [-0.2, 0) is 14.8 Å². The van der Waals surface area contributed by atoms with Crippen LogP contribution in [0.4, 0.5) is 5.69 Å². The molecule has 1 N–H and O–H groups in total. The van der Waals surface area contributed by atoms with Crippen molar-refractivity contribution in [3.8, 4) is 5.75 Å². The summed E-state index contributed by atoms with van der Waals surface area (Å²) in [5, 5.41) is 4.44. The normalized spacial score (nSPS) is 11.4. The smallest absolute Gasteiger partial charge is 0.260 e. The number of amides is 1. The van der Waals surface area contributed by atoms with Crippen LogP contribution in [0.15, 0.2) is 53.6 Å². The highest BCUT2D eigenvalue weighted by Gasteiger charge is 2.23. The molecule has 1 amide bonds. The molecule has 0 saturated carbocycles. The SMILES string of the molecule is CCS(=O)(=O)N(CC(=O)N/N=C\c1ccc(Cl)cc1)c1ccc(OC)cc1. The van der Waals surface area contributed by atoms with E-state index in [-0.39, 0.29) is 12.3 Å². The predicted octanol–water partition coefficient (Wildman–Crippen LogP) is 2.66. The average Bonchev–Trinajstić information content (AvgIpc) is 2.67. The molecule has 0 bridgehead atoms. The number of carbonyl (C=O) groups excluding carboxylic acids is 1. The van der Waals surface area contributed by atoms with Crippen molar-refractivity contribution in [2.75, 3.05) is 23.7 Å². The second-order valence-corrected chi connectivity index (χ2v) is 8.07. The molecule has 0 spiro atoms. The first kappa shape index (κ1) is 20.7. The molecule has 0 aliphatic carbocycles. The molecule has 2 aromatic carbocycles. The number of anilines is 1. The van der Waals surface area contributed by atoms with E-state index >= 15 is 0 Å². The van der Waals surface area contributed by atoms with Gasteiger partial charge in [-0.1, -0.05) is 23.7 Å².